The van der Waals surface area contributed by atoms with Gasteiger partial charge in [0.1, 0.15) is 0 Å². The molecule has 2 rings (SSSR count). The highest BCUT2D eigenvalue weighted by Crippen LogP contribution is 2.26. The van der Waals surface area contributed by atoms with Gasteiger partial charge in [0.2, 0.25) is 0 Å². The van der Waals surface area contributed by atoms with Gasteiger partial charge in [0.05, 0.1) is 0 Å². The van der Waals surface area contributed by atoms with E-state index in [2.05, 4.69) is 70.0 Å². The second-order valence-corrected chi connectivity index (χ2v) is 6.67. The molecule has 0 amide bonds. The zero-order valence-electron chi connectivity index (χ0n) is 11.1. The molecule has 0 radical (unpaired) electrons. The van der Waals surface area contributed by atoms with Crippen LogP contribution in [0.1, 0.15) is 28.3 Å². The average molecular weight is 383 g/mol. The molecule has 2 aromatic rings. The van der Waals surface area contributed by atoms with Crippen molar-refractivity contribution in [3.63, 3.8) is 0 Å². The lowest BCUT2D eigenvalue weighted by Gasteiger charge is -2.17. The molecule has 2 aromatic carbocycles. The summed E-state index contributed by atoms with van der Waals surface area (Å²) in [5.41, 5.74) is 11.3. The van der Waals surface area contributed by atoms with Crippen LogP contribution < -0.4 is 5.73 Å². The summed E-state index contributed by atoms with van der Waals surface area (Å²) in [5.74, 6) is 0. The predicted octanol–water partition coefficient (Wildman–Crippen LogP) is 5.07. The Kier molecular flexibility index (Phi) is 4.82. The number of hydrogen-bond donors (Lipinski definition) is 1. The van der Waals surface area contributed by atoms with Crippen LogP contribution in [0.4, 0.5) is 0 Å². The summed E-state index contributed by atoms with van der Waals surface area (Å²) >= 11 is 7.06. The van der Waals surface area contributed by atoms with Crippen molar-refractivity contribution in [1.82, 2.24) is 0 Å². The maximum absolute atomic E-state index is 6.37. The van der Waals surface area contributed by atoms with Crippen molar-refractivity contribution in [2.45, 2.75) is 26.3 Å². The van der Waals surface area contributed by atoms with Crippen molar-refractivity contribution in [3.8, 4) is 0 Å². The van der Waals surface area contributed by atoms with Gasteiger partial charge in [-0.2, -0.15) is 0 Å². The minimum absolute atomic E-state index is 0.0288. The molecule has 0 saturated carbocycles. The van der Waals surface area contributed by atoms with E-state index in [4.69, 9.17) is 5.73 Å². The van der Waals surface area contributed by atoms with E-state index in [1.165, 1.54) is 22.3 Å². The van der Waals surface area contributed by atoms with E-state index in [9.17, 15) is 0 Å². The normalized spacial score (nSPS) is 12.5. The third-order valence-corrected chi connectivity index (χ3v) is 4.64. The van der Waals surface area contributed by atoms with Gasteiger partial charge in [-0.3, -0.25) is 0 Å². The minimum Gasteiger partial charge on any atom is -0.324 e. The average Bonchev–Trinajstić information content (AvgIpc) is 2.33. The van der Waals surface area contributed by atoms with Crippen LogP contribution in [0, 0.1) is 13.8 Å². The molecule has 1 unspecified atom stereocenters. The Balaban J connectivity index is 2.25. The van der Waals surface area contributed by atoms with Crippen LogP contribution in [0.3, 0.4) is 0 Å². The van der Waals surface area contributed by atoms with Gasteiger partial charge in [0.15, 0.2) is 0 Å². The first-order valence-electron chi connectivity index (χ1n) is 6.24. The molecule has 1 atom stereocenters. The highest BCUT2D eigenvalue weighted by atomic mass is 79.9. The first-order valence-corrected chi connectivity index (χ1v) is 7.82. The summed E-state index contributed by atoms with van der Waals surface area (Å²) in [7, 11) is 0. The van der Waals surface area contributed by atoms with Crippen molar-refractivity contribution < 1.29 is 0 Å². The zero-order valence-corrected chi connectivity index (χ0v) is 14.3. The maximum atomic E-state index is 6.37. The fourth-order valence-electron chi connectivity index (χ4n) is 2.23. The van der Waals surface area contributed by atoms with Gasteiger partial charge in [-0.15, -0.1) is 0 Å². The highest BCUT2D eigenvalue weighted by Gasteiger charge is 2.12. The third kappa shape index (κ3) is 3.68. The summed E-state index contributed by atoms with van der Waals surface area (Å²) in [4.78, 5) is 0. The van der Waals surface area contributed by atoms with E-state index in [-0.39, 0.29) is 6.04 Å². The second kappa shape index (κ2) is 6.21. The van der Waals surface area contributed by atoms with Crippen molar-refractivity contribution in [2.24, 2.45) is 5.73 Å². The lowest BCUT2D eigenvalue weighted by Crippen LogP contribution is -2.15. The van der Waals surface area contributed by atoms with Crippen LogP contribution >= 0.6 is 31.9 Å². The van der Waals surface area contributed by atoms with Gasteiger partial charge in [-0.1, -0.05) is 50.1 Å². The van der Waals surface area contributed by atoms with Gasteiger partial charge in [-0.05, 0) is 60.7 Å². The molecule has 0 spiro atoms. The standard InChI is InChI=1S/C16H17Br2N/c1-10-7-15(18)11(2)6-14(10)16(19)9-12-4-3-5-13(17)8-12/h3-8,16H,9,19H2,1-2H3. The monoisotopic (exact) mass is 381 g/mol. The molecular weight excluding hydrogens is 366 g/mol. The molecule has 0 saturated heterocycles. The van der Waals surface area contributed by atoms with Crippen molar-refractivity contribution >= 4 is 31.9 Å². The fraction of sp³-hybridized carbons (Fsp3) is 0.250. The molecular formula is C16H17Br2N. The van der Waals surface area contributed by atoms with Crippen LogP contribution in [0.15, 0.2) is 45.3 Å². The van der Waals surface area contributed by atoms with Gasteiger partial charge in [-0.25, -0.2) is 0 Å². The molecule has 3 heteroatoms. The Hall–Kier alpha value is -0.640. The van der Waals surface area contributed by atoms with Gasteiger partial charge >= 0.3 is 0 Å². The number of aryl methyl sites for hydroxylation is 2. The quantitative estimate of drug-likeness (QED) is 0.787. The van der Waals surface area contributed by atoms with Crippen molar-refractivity contribution in [2.75, 3.05) is 0 Å². The smallest absolute Gasteiger partial charge is 0.0338 e. The van der Waals surface area contributed by atoms with Gasteiger partial charge < -0.3 is 5.73 Å². The molecule has 0 aliphatic heterocycles. The van der Waals surface area contributed by atoms with E-state index in [0.717, 1.165) is 15.4 Å². The maximum Gasteiger partial charge on any atom is 0.0338 e. The van der Waals surface area contributed by atoms with Crippen molar-refractivity contribution in [3.05, 3.63) is 67.6 Å². The molecule has 100 valence electrons. The van der Waals surface area contributed by atoms with E-state index in [0.29, 0.717) is 0 Å². The third-order valence-electron chi connectivity index (χ3n) is 3.29. The van der Waals surface area contributed by atoms with Gasteiger partial charge in [0, 0.05) is 15.0 Å². The first kappa shape index (κ1) is 14.8. The summed E-state index contributed by atoms with van der Waals surface area (Å²) in [5, 5.41) is 0. The Morgan fingerprint density at radius 2 is 1.79 bits per heavy atom. The Bertz CT molecular complexity index is 593. The van der Waals surface area contributed by atoms with Gasteiger partial charge in [0.25, 0.3) is 0 Å². The molecule has 0 bridgehead atoms. The summed E-state index contributed by atoms with van der Waals surface area (Å²) in [6.07, 6.45) is 0.849. The molecule has 0 fully saturated rings. The van der Waals surface area contributed by atoms with E-state index >= 15 is 0 Å². The second-order valence-electron chi connectivity index (χ2n) is 4.90. The Morgan fingerprint density at radius 1 is 1.05 bits per heavy atom. The van der Waals surface area contributed by atoms with E-state index in [1.54, 1.807) is 0 Å². The number of rotatable bonds is 3. The fourth-order valence-corrected chi connectivity index (χ4v) is 3.14. The SMILES string of the molecule is Cc1cc(C(N)Cc2cccc(Br)c2)c(C)cc1Br. The number of benzene rings is 2. The first-order chi connectivity index (χ1) is 8.97. The molecule has 0 aliphatic carbocycles. The van der Waals surface area contributed by atoms with Crippen LogP contribution in [0.2, 0.25) is 0 Å². The number of hydrogen-bond acceptors (Lipinski definition) is 1. The molecule has 0 heterocycles. The summed E-state index contributed by atoms with van der Waals surface area (Å²) in [6, 6.07) is 12.7. The Labute approximate surface area is 131 Å². The predicted molar refractivity (Wildman–Crippen MR) is 88.4 cm³/mol. The molecule has 19 heavy (non-hydrogen) atoms. The summed E-state index contributed by atoms with van der Waals surface area (Å²) in [6.45, 7) is 4.21. The molecule has 0 aliphatic rings. The van der Waals surface area contributed by atoms with Crippen LogP contribution in [0.5, 0.6) is 0 Å². The molecule has 2 N–H and O–H groups in total. The molecule has 1 nitrogen and oxygen atoms in total. The van der Waals surface area contributed by atoms with Crippen LogP contribution in [0.25, 0.3) is 0 Å². The highest BCUT2D eigenvalue weighted by molar-refractivity contribution is 9.10. The van der Waals surface area contributed by atoms with E-state index < -0.39 is 0 Å². The van der Waals surface area contributed by atoms with Crippen molar-refractivity contribution in [1.29, 1.82) is 0 Å². The lowest BCUT2D eigenvalue weighted by atomic mass is 9.95. The number of halogens is 2. The Morgan fingerprint density at radius 3 is 2.47 bits per heavy atom. The largest absolute Gasteiger partial charge is 0.324 e. The topological polar surface area (TPSA) is 26.0 Å². The van der Waals surface area contributed by atoms with Crippen LogP contribution in [-0.2, 0) is 6.42 Å². The van der Waals surface area contributed by atoms with Crippen LogP contribution in [-0.4, -0.2) is 0 Å². The number of nitrogens with two attached hydrogens (primary N) is 1. The molecule has 0 aromatic heterocycles. The summed E-state index contributed by atoms with van der Waals surface area (Å²) < 4.78 is 2.24. The van der Waals surface area contributed by atoms with E-state index in [1.807, 2.05) is 12.1 Å². The zero-order chi connectivity index (χ0) is 14.0. The lowest BCUT2D eigenvalue weighted by molar-refractivity contribution is 0.715. The minimum atomic E-state index is 0.0288.